The summed E-state index contributed by atoms with van der Waals surface area (Å²) in [4.78, 5) is 0. The largest absolute Gasteiger partial charge is 0.328 e. The van der Waals surface area contributed by atoms with Gasteiger partial charge in [-0.3, -0.25) is 0 Å². The van der Waals surface area contributed by atoms with E-state index in [-0.39, 0.29) is 0 Å². The van der Waals surface area contributed by atoms with Crippen molar-refractivity contribution < 1.29 is 0 Å². The van der Waals surface area contributed by atoms with Crippen molar-refractivity contribution in [1.29, 1.82) is 0 Å². The number of hydrogen-bond donors (Lipinski definition) is 2. The van der Waals surface area contributed by atoms with Crippen molar-refractivity contribution in [3.05, 3.63) is 0 Å². The molecule has 2 atom stereocenters. The zero-order valence-electron chi connectivity index (χ0n) is 9.17. The van der Waals surface area contributed by atoms with Crippen LogP contribution in [0.1, 0.15) is 51.4 Å². The van der Waals surface area contributed by atoms with Gasteiger partial charge in [0.05, 0.1) is 0 Å². The average Bonchev–Trinajstić information content (AvgIpc) is 2.77. The molecule has 14 heavy (non-hydrogen) atoms. The van der Waals surface area contributed by atoms with Crippen molar-refractivity contribution in [3.8, 4) is 0 Å². The first-order chi connectivity index (χ1) is 6.84. The second-order valence-electron chi connectivity index (χ2n) is 5.16. The normalized spacial score (nSPS) is 34.1. The van der Waals surface area contributed by atoms with Gasteiger partial charge in [-0.15, -0.1) is 0 Å². The molecule has 0 amide bonds. The lowest BCUT2D eigenvalue weighted by molar-refractivity contribution is 0.439. The summed E-state index contributed by atoms with van der Waals surface area (Å²) >= 11 is 0. The van der Waals surface area contributed by atoms with E-state index in [1.54, 1.807) is 0 Å². The van der Waals surface area contributed by atoms with Crippen LogP contribution in [-0.2, 0) is 0 Å². The van der Waals surface area contributed by atoms with Crippen molar-refractivity contribution in [1.82, 2.24) is 5.32 Å². The standard InChI is InChI=1S/C12H24N2/c13-11-5-6-12(9-11)14-8-7-10-3-1-2-4-10/h10-12,14H,1-9,13H2. The molecule has 2 rings (SSSR count). The van der Waals surface area contributed by atoms with E-state index in [0.29, 0.717) is 6.04 Å². The number of nitrogens with two attached hydrogens (primary N) is 1. The third-order valence-electron chi connectivity index (χ3n) is 3.93. The summed E-state index contributed by atoms with van der Waals surface area (Å²) in [6, 6.07) is 1.20. The highest BCUT2D eigenvalue weighted by atomic mass is 14.9. The molecular formula is C12H24N2. The van der Waals surface area contributed by atoms with Gasteiger partial charge in [0, 0.05) is 12.1 Å². The molecule has 2 aliphatic carbocycles. The van der Waals surface area contributed by atoms with Crippen LogP contribution in [0.5, 0.6) is 0 Å². The molecule has 0 saturated heterocycles. The van der Waals surface area contributed by atoms with Crippen molar-refractivity contribution in [2.45, 2.75) is 63.5 Å². The van der Waals surface area contributed by atoms with Crippen molar-refractivity contribution in [2.24, 2.45) is 11.7 Å². The SMILES string of the molecule is NC1CCC(NCCC2CCCC2)C1. The fraction of sp³-hybridized carbons (Fsp3) is 1.00. The van der Waals surface area contributed by atoms with Crippen LogP contribution in [0.25, 0.3) is 0 Å². The van der Waals surface area contributed by atoms with Gasteiger partial charge in [0.15, 0.2) is 0 Å². The summed E-state index contributed by atoms with van der Waals surface area (Å²) in [5, 5.41) is 3.66. The van der Waals surface area contributed by atoms with Gasteiger partial charge in [0.25, 0.3) is 0 Å². The second kappa shape index (κ2) is 5.13. The van der Waals surface area contributed by atoms with Gasteiger partial charge < -0.3 is 11.1 Å². The van der Waals surface area contributed by atoms with Gasteiger partial charge in [-0.25, -0.2) is 0 Å². The van der Waals surface area contributed by atoms with Gasteiger partial charge in [-0.2, -0.15) is 0 Å². The lowest BCUT2D eigenvalue weighted by Gasteiger charge is -2.14. The highest BCUT2D eigenvalue weighted by Gasteiger charge is 2.21. The molecule has 2 unspecified atom stereocenters. The summed E-state index contributed by atoms with van der Waals surface area (Å²) in [5.41, 5.74) is 5.88. The molecule has 0 aromatic heterocycles. The molecule has 0 radical (unpaired) electrons. The summed E-state index contributed by atoms with van der Waals surface area (Å²) in [7, 11) is 0. The zero-order valence-corrected chi connectivity index (χ0v) is 9.17. The minimum atomic E-state index is 0.471. The molecule has 2 heteroatoms. The average molecular weight is 196 g/mol. The molecule has 0 aromatic carbocycles. The van der Waals surface area contributed by atoms with Gasteiger partial charge >= 0.3 is 0 Å². The van der Waals surface area contributed by atoms with Gasteiger partial charge in [0.1, 0.15) is 0 Å². The molecule has 0 heterocycles. The fourth-order valence-corrected chi connectivity index (χ4v) is 2.99. The molecule has 0 aromatic rings. The molecule has 2 nitrogen and oxygen atoms in total. The van der Waals surface area contributed by atoms with Crippen molar-refractivity contribution in [3.63, 3.8) is 0 Å². The van der Waals surface area contributed by atoms with E-state index < -0.39 is 0 Å². The highest BCUT2D eigenvalue weighted by molar-refractivity contribution is 4.82. The Morgan fingerprint density at radius 2 is 1.86 bits per heavy atom. The maximum atomic E-state index is 5.88. The Labute approximate surface area is 87.6 Å². The topological polar surface area (TPSA) is 38.0 Å². The lowest BCUT2D eigenvalue weighted by Crippen LogP contribution is -2.30. The maximum absolute atomic E-state index is 5.88. The van der Waals surface area contributed by atoms with E-state index in [1.165, 1.54) is 57.9 Å². The Hall–Kier alpha value is -0.0800. The minimum Gasteiger partial charge on any atom is -0.328 e. The van der Waals surface area contributed by atoms with Crippen LogP contribution in [0.2, 0.25) is 0 Å². The molecule has 0 spiro atoms. The van der Waals surface area contributed by atoms with E-state index in [9.17, 15) is 0 Å². The molecule has 0 bridgehead atoms. The quantitative estimate of drug-likeness (QED) is 0.722. The third kappa shape index (κ3) is 2.96. The minimum absolute atomic E-state index is 0.471. The predicted molar refractivity (Wildman–Crippen MR) is 60.2 cm³/mol. The Morgan fingerprint density at radius 3 is 2.50 bits per heavy atom. The molecule has 2 fully saturated rings. The molecule has 2 aliphatic rings. The first-order valence-electron chi connectivity index (χ1n) is 6.33. The second-order valence-corrected chi connectivity index (χ2v) is 5.16. The van der Waals surface area contributed by atoms with Gasteiger partial charge in [-0.1, -0.05) is 25.7 Å². The third-order valence-corrected chi connectivity index (χ3v) is 3.93. The Bertz CT molecular complexity index is 164. The predicted octanol–water partition coefficient (Wildman–Crippen LogP) is 2.04. The molecule has 82 valence electrons. The van der Waals surface area contributed by atoms with E-state index in [4.69, 9.17) is 5.73 Å². The van der Waals surface area contributed by atoms with Crippen LogP contribution in [-0.4, -0.2) is 18.6 Å². The van der Waals surface area contributed by atoms with E-state index in [0.717, 1.165) is 12.0 Å². The highest BCUT2D eigenvalue weighted by Crippen LogP contribution is 2.27. The first kappa shape index (κ1) is 10.4. The lowest BCUT2D eigenvalue weighted by atomic mass is 10.0. The molecule has 2 saturated carbocycles. The van der Waals surface area contributed by atoms with E-state index in [2.05, 4.69) is 5.32 Å². The van der Waals surface area contributed by atoms with Crippen molar-refractivity contribution >= 4 is 0 Å². The van der Waals surface area contributed by atoms with Crippen LogP contribution in [0.3, 0.4) is 0 Å². The van der Waals surface area contributed by atoms with Gasteiger partial charge in [0.2, 0.25) is 0 Å². The first-order valence-corrected chi connectivity index (χ1v) is 6.33. The summed E-state index contributed by atoms with van der Waals surface area (Å²) in [6.07, 6.45) is 11.0. The van der Waals surface area contributed by atoms with E-state index in [1.807, 2.05) is 0 Å². The molecule has 3 N–H and O–H groups in total. The fourth-order valence-electron chi connectivity index (χ4n) is 2.99. The van der Waals surface area contributed by atoms with E-state index >= 15 is 0 Å². The maximum Gasteiger partial charge on any atom is 0.00823 e. The monoisotopic (exact) mass is 196 g/mol. The summed E-state index contributed by atoms with van der Waals surface area (Å²) < 4.78 is 0. The molecular weight excluding hydrogens is 172 g/mol. The zero-order chi connectivity index (χ0) is 9.80. The Morgan fingerprint density at radius 1 is 1.07 bits per heavy atom. The Kier molecular flexibility index (Phi) is 3.82. The van der Waals surface area contributed by atoms with Gasteiger partial charge in [-0.05, 0) is 38.1 Å². The van der Waals surface area contributed by atoms with Crippen LogP contribution in [0.4, 0.5) is 0 Å². The molecule has 0 aliphatic heterocycles. The smallest absolute Gasteiger partial charge is 0.00823 e. The number of rotatable bonds is 4. The summed E-state index contributed by atoms with van der Waals surface area (Å²) in [5.74, 6) is 1.03. The van der Waals surface area contributed by atoms with Crippen LogP contribution < -0.4 is 11.1 Å². The Balaban J connectivity index is 1.54. The number of hydrogen-bond acceptors (Lipinski definition) is 2. The number of nitrogens with one attached hydrogen (secondary N) is 1. The van der Waals surface area contributed by atoms with Crippen LogP contribution in [0, 0.1) is 5.92 Å². The van der Waals surface area contributed by atoms with Crippen LogP contribution >= 0.6 is 0 Å². The van der Waals surface area contributed by atoms with Crippen molar-refractivity contribution in [2.75, 3.05) is 6.54 Å². The van der Waals surface area contributed by atoms with Crippen LogP contribution in [0.15, 0.2) is 0 Å². The summed E-state index contributed by atoms with van der Waals surface area (Å²) in [6.45, 7) is 1.22.